The average Bonchev–Trinajstić information content (AvgIpc) is 3.09. The Balaban J connectivity index is 1.90. The molecule has 0 aliphatic rings. The third-order valence-corrected chi connectivity index (χ3v) is 4.60. The maximum absolute atomic E-state index is 12.5. The molecule has 1 aromatic carbocycles. The van der Waals surface area contributed by atoms with Gasteiger partial charge in [0.15, 0.2) is 0 Å². The second-order valence-electron chi connectivity index (χ2n) is 5.89. The van der Waals surface area contributed by atoms with Gasteiger partial charge in [-0.3, -0.25) is 14.7 Å². The third kappa shape index (κ3) is 5.87. The highest BCUT2D eigenvalue weighted by Crippen LogP contribution is 2.15. The zero-order valence-electron chi connectivity index (χ0n) is 15.4. The lowest BCUT2D eigenvalue weighted by atomic mass is 10.2. The minimum atomic E-state index is -0.197. The number of amides is 2. The van der Waals surface area contributed by atoms with Gasteiger partial charge in [-0.2, -0.15) is 0 Å². The summed E-state index contributed by atoms with van der Waals surface area (Å²) in [6.07, 6.45) is 1.55. The van der Waals surface area contributed by atoms with Crippen LogP contribution in [0.1, 0.15) is 31.7 Å². The minimum absolute atomic E-state index is 0.0375. The molecule has 26 heavy (non-hydrogen) atoms. The minimum Gasteiger partial charge on any atom is -0.333 e. The highest BCUT2D eigenvalue weighted by atomic mass is 32.2. The summed E-state index contributed by atoms with van der Waals surface area (Å²) < 4.78 is 0. The number of benzene rings is 1. The summed E-state index contributed by atoms with van der Waals surface area (Å²) in [6, 6.07) is 7.57. The van der Waals surface area contributed by atoms with Gasteiger partial charge in [0.25, 0.3) is 0 Å². The summed E-state index contributed by atoms with van der Waals surface area (Å²) in [5, 5.41) is 10.3. The van der Waals surface area contributed by atoms with Crippen molar-refractivity contribution in [3.63, 3.8) is 0 Å². The summed E-state index contributed by atoms with van der Waals surface area (Å²) in [5.41, 5.74) is 1.75. The Morgan fingerprint density at radius 2 is 2.04 bits per heavy atom. The monoisotopic (exact) mass is 375 g/mol. The number of aromatic nitrogens is 3. The van der Waals surface area contributed by atoms with E-state index < -0.39 is 0 Å². The quantitative estimate of drug-likeness (QED) is 0.658. The van der Waals surface area contributed by atoms with Gasteiger partial charge < -0.3 is 10.2 Å². The van der Waals surface area contributed by atoms with Crippen LogP contribution in [0.15, 0.2) is 29.4 Å². The van der Waals surface area contributed by atoms with Gasteiger partial charge in [-0.15, -0.1) is 5.10 Å². The van der Waals surface area contributed by atoms with Crippen molar-refractivity contribution in [2.24, 2.45) is 0 Å². The molecule has 1 aromatic heterocycles. The zero-order valence-corrected chi connectivity index (χ0v) is 16.2. The van der Waals surface area contributed by atoms with Crippen LogP contribution in [0.2, 0.25) is 0 Å². The van der Waals surface area contributed by atoms with Gasteiger partial charge in [-0.05, 0) is 25.0 Å². The molecule has 0 spiro atoms. The molecule has 0 bridgehead atoms. The molecule has 140 valence electrons. The maximum atomic E-state index is 12.5. The van der Waals surface area contributed by atoms with Gasteiger partial charge in [-0.1, -0.05) is 43.8 Å². The number of aromatic amines is 1. The van der Waals surface area contributed by atoms with E-state index in [1.165, 1.54) is 11.8 Å². The van der Waals surface area contributed by atoms with Gasteiger partial charge in [-0.25, -0.2) is 4.98 Å². The molecular weight excluding hydrogens is 350 g/mol. The first-order chi connectivity index (χ1) is 12.5. The zero-order chi connectivity index (χ0) is 18.9. The topological polar surface area (TPSA) is 91.0 Å². The third-order valence-electron chi connectivity index (χ3n) is 3.77. The van der Waals surface area contributed by atoms with Gasteiger partial charge in [0.05, 0.1) is 12.3 Å². The van der Waals surface area contributed by atoms with Crippen LogP contribution in [-0.2, 0) is 16.0 Å². The number of nitrogens with one attached hydrogen (secondary N) is 2. The Morgan fingerprint density at radius 3 is 2.69 bits per heavy atom. The number of hydrogen-bond acceptors (Lipinski definition) is 5. The molecule has 0 aliphatic carbocycles. The Kier molecular flexibility index (Phi) is 7.65. The highest BCUT2D eigenvalue weighted by Gasteiger charge is 2.18. The van der Waals surface area contributed by atoms with Crippen molar-refractivity contribution < 1.29 is 9.59 Å². The summed E-state index contributed by atoms with van der Waals surface area (Å²) in [4.78, 5) is 30.7. The summed E-state index contributed by atoms with van der Waals surface area (Å²) in [5.74, 6) is 0.707. The molecule has 0 unspecified atom stereocenters. The maximum Gasteiger partial charge on any atom is 0.244 e. The van der Waals surface area contributed by atoms with Crippen LogP contribution in [0.25, 0.3) is 0 Å². The number of nitrogens with zero attached hydrogens (tertiary/aromatic N) is 3. The van der Waals surface area contributed by atoms with Crippen LogP contribution in [0.4, 0.5) is 5.69 Å². The predicted molar refractivity (Wildman–Crippen MR) is 103 cm³/mol. The second-order valence-corrected chi connectivity index (χ2v) is 6.83. The molecule has 8 heteroatoms. The predicted octanol–water partition coefficient (Wildman–Crippen LogP) is 2.64. The summed E-state index contributed by atoms with van der Waals surface area (Å²) in [7, 11) is 0. The lowest BCUT2D eigenvalue weighted by Crippen LogP contribution is -2.39. The number of para-hydroxylation sites is 1. The normalized spacial score (nSPS) is 10.6. The first-order valence-corrected chi connectivity index (χ1v) is 9.69. The van der Waals surface area contributed by atoms with Crippen molar-refractivity contribution in [3.8, 4) is 0 Å². The number of rotatable bonds is 9. The van der Waals surface area contributed by atoms with E-state index in [9.17, 15) is 9.59 Å². The van der Waals surface area contributed by atoms with Gasteiger partial charge in [0.1, 0.15) is 5.82 Å². The van der Waals surface area contributed by atoms with Crippen LogP contribution in [0.5, 0.6) is 0 Å². The molecule has 0 radical (unpaired) electrons. The van der Waals surface area contributed by atoms with Crippen LogP contribution in [-0.4, -0.2) is 50.7 Å². The Bertz CT molecular complexity index is 747. The van der Waals surface area contributed by atoms with E-state index in [4.69, 9.17) is 0 Å². The molecule has 0 saturated carbocycles. The van der Waals surface area contributed by atoms with E-state index in [-0.39, 0.29) is 24.1 Å². The van der Waals surface area contributed by atoms with Gasteiger partial charge in [0, 0.05) is 18.7 Å². The van der Waals surface area contributed by atoms with E-state index >= 15 is 0 Å². The molecule has 2 N–H and O–H groups in total. The SMILES string of the molecule is CCCN(CC(=O)Nc1ccccc1C)C(=O)CSc1n[nH]c(CC)n1. The Labute approximate surface area is 158 Å². The van der Waals surface area contributed by atoms with Crippen molar-refractivity contribution in [1.82, 2.24) is 20.1 Å². The number of carbonyl (C=O) groups is 2. The molecule has 1 heterocycles. The fourth-order valence-corrected chi connectivity index (χ4v) is 3.08. The van der Waals surface area contributed by atoms with Crippen LogP contribution >= 0.6 is 11.8 Å². The lowest BCUT2D eigenvalue weighted by Gasteiger charge is -2.21. The number of carbonyl (C=O) groups excluding carboxylic acids is 2. The average molecular weight is 375 g/mol. The molecule has 2 rings (SSSR count). The number of anilines is 1. The summed E-state index contributed by atoms with van der Waals surface area (Å²) >= 11 is 1.28. The number of thioether (sulfide) groups is 1. The lowest BCUT2D eigenvalue weighted by molar-refractivity contribution is -0.132. The van der Waals surface area contributed by atoms with Crippen LogP contribution < -0.4 is 5.32 Å². The number of H-pyrrole nitrogens is 1. The molecule has 7 nitrogen and oxygen atoms in total. The van der Waals surface area contributed by atoms with Crippen molar-refractivity contribution in [2.45, 2.75) is 38.8 Å². The molecule has 0 aliphatic heterocycles. The number of hydrogen-bond donors (Lipinski definition) is 2. The fourth-order valence-electron chi connectivity index (χ4n) is 2.36. The van der Waals surface area contributed by atoms with E-state index in [0.717, 1.165) is 29.9 Å². The molecule has 0 atom stereocenters. The molecular formula is C18H25N5O2S. The fraction of sp³-hybridized carbons (Fsp3) is 0.444. The van der Waals surface area contributed by atoms with E-state index in [2.05, 4.69) is 20.5 Å². The van der Waals surface area contributed by atoms with Crippen LogP contribution in [0.3, 0.4) is 0 Å². The Hall–Kier alpha value is -2.35. The van der Waals surface area contributed by atoms with Crippen LogP contribution in [0, 0.1) is 6.92 Å². The Morgan fingerprint density at radius 1 is 1.27 bits per heavy atom. The van der Waals surface area contributed by atoms with Crippen molar-refractivity contribution >= 4 is 29.3 Å². The second kappa shape index (κ2) is 9.96. The first kappa shape index (κ1) is 20.0. The van der Waals surface area contributed by atoms with E-state index in [0.29, 0.717) is 11.7 Å². The largest absolute Gasteiger partial charge is 0.333 e. The smallest absolute Gasteiger partial charge is 0.244 e. The standard InChI is InChI=1S/C18H25N5O2S/c1-4-10-23(11-16(24)19-14-9-7-6-8-13(14)3)17(25)12-26-18-20-15(5-2)21-22-18/h6-9H,4-5,10-12H2,1-3H3,(H,19,24)(H,20,21,22). The van der Waals surface area contributed by atoms with Crippen molar-refractivity contribution in [1.29, 1.82) is 0 Å². The molecule has 2 amide bonds. The summed E-state index contributed by atoms with van der Waals surface area (Å²) in [6.45, 7) is 6.47. The highest BCUT2D eigenvalue weighted by molar-refractivity contribution is 7.99. The van der Waals surface area contributed by atoms with Gasteiger partial charge in [0.2, 0.25) is 17.0 Å². The molecule has 2 aromatic rings. The van der Waals surface area contributed by atoms with E-state index in [1.54, 1.807) is 4.90 Å². The number of aryl methyl sites for hydroxylation is 2. The van der Waals surface area contributed by atoms with E-state index in [1.807, 2.05) is 45.0 Å². The first-order valence-electron chi connectivity index (χ1n) is 8.70. The van der Waals surface area contributed by atoms with Crippen molar-refractivity contribution in [3.05, 3.63) is 35.7 Å². The molecule has 0 saturated heterocycles. The van der Waals surface area contributed by atoms with Crippen molar-refractivity contribution in [2.75, 3.05) is 24.2 Å². The van der Waals surface area contributed by atoms with Gasteiger partial charge >= 0.3 is 0 Å². The molecule has 0 fully saturated rings.